The zero-order valence-corrected chi connectivity index (χ0v) is 18.3. The number of carbonyl (C=O) groups is 2. The molecule has 0 aromatic carbocycles. The van der Waals surface area contributed by atoms with Gasteiger partial charge in [-0.15, -0.1) is 11.3 Å². The van der Waals surface area contributed by atoms with E-state index in [0.29, 0.717) is 37.9 Å². The van der Waals surface area contributed by atoms with Gasteiger partial charge in [0.15, 0.2) is 5.69 Å². The van der Waals surface area contributed by atoms with Crippen LogP contribution in [0.15, 0.2) is 5.38 Å². The van der Waals surface area contributed by atoms with Crippen molar-refractivity contribution >= 4 is 23.2 Å². The molecule has 6 nitrogen and oxygen atoms in total. The molecule has 4 aliphatic rings. The maximum Gasteiger partial charge on any atom is 0.357 e. The fourth-order valence-corrected chi connectivity index (χ4v) is 6.99. The monoisotopic (exact) mass is 420 g/mol. The minimum absolute atomic E-state index is 0.164. The summed E-state index contributed by atoms with van der Waals surface area (Å²) in [5.74, 6) is 2.09. The number of methoxy groups -OCH3 is 1. The SMILES string of the molecule is CCOCCCN(Cc1nc(C(=O)OC)cs1)C(=O)C12CC3CC(CC(C3)C1)C2. The summed E-state index contributed by atoms with van der Waals surface area (Å²) in [5.41, 5.74) is 0.159. The van der Waals surface area contributed by atoms with E-state index in [-0.39, 0.29) is 5.41 Å². The van der Waals surface area contributed by atoms with Crippen LogP contribution in [0.3, 0.4) is 0 Å². The molecule has 0 radical (unpaired) electrons. The molecule has 0 aliphatic heterocycles. The highest BCUT2D eigenvalue weighted by molar-refractivity contribution is 7.09. The van der Waals surface area contributed by atoms with Gasteiger partial charge in [0.05, 0.1) is 19.1 Å². The van der Waals surface area contributed by atoms with Gasteiger partial charge in [-0.3, -0.25) is 4.79 Å². The predicted molar refractivity (Wildman–Crippen MR) is 111 cm³/mol. The quantitative estimate of drug-likeness (QED) is 0.448. The van der Waals surface area contributed by atoms with Crippen LogP contribution >= 0.6 is 11.3 Å². The first-order valence-electron chi connectivity index (χ1n) is 10.9. The lowest BCUT2D eigenvalue weighted by Crippen LogP contribution is -2.54. The standard InChI is InChI=1S/C22H32N2O4S/c1-3-28-6-4-5-24(13-19-23-18(14-29-19)20(25)27-2)21(26)22-10-15-7-16(11-22)9-17(8-15)12-22/h14-17H,3-13H2,1-2H3. The summed E-state index contributed by atoms with van der Waals surface area (Å²) in [6.07, 6.45) is 7.98. The van der Waals surface area contributed by atoms with E-state index < -0.39 is 5.97 Å². The third-order valence-electron chi connectivity index (χ3n) is 6.97. The van der Waals surface area contributed by atoms with E-state index in [0.717, 1.165) is 48.4 Å². The molecule has 4 fully saturated rings. The number of ether oxygens (including phenoxy) is 2. The van der Waals surface area contributed by atoms with Crippen molar-refractivity contribution in [3.05, 3.63) is 16.1 Å². The highest BCUT2D eigenvalue weighted by atomic mass is 32.1. The second-order valence-electron chi connectivity index (χ2n) is 9.09. The second kappa shape index (κ2) is 8.72. The number of amides is 1. The zero-order chi connectivity index (χ0) is 20.4. The molecule has 1 amide bonds. The summed E-state index contributed by atoms with van der Waals surface area (Å²) < 4.78 is 10.3. The fourth-order valence-electron chi connectivity index (χ4n) is 6.21. The van der Waals surface area contributed by atoms with Crippen molar-refractivity contribution in [2.24, 2.45) is 23.2 Å². The smallest absolute Gasteiger partial charge is 0.357 e. The number of rotatable bonds is 9. The van der Waals surface area contributed by atoms with Crippen LogP contribution in [-0.2, 0) is 20.8 Å². The molecule has 4 bridgehead atoms. The van der Waals surface area contributed by atoms with E-state index in [4.69, 9.17) is 9.47 Å². The van der Waals surface area contributed by atoms with Crippen LogP contribution < -0.4 is 0 Å². The Kier molecular flexibility index (Phi) is 6.25. The minimum Gasteiger partial charge on any atom is -0.464 e. The summed E-state index contributed by atoms with van der Waals surface area (Å²) in [6, 6.07) is 0. The normalized spacial score (nSPS) is 29.8. The number of aromatic nitrogens is 1. The van der Waals surface area contributed by atoms with Crippen molar-refractivity contribution in [1.82, 2.24) is 9.88 Å². The van der Waals surface area contributed by atoms with Crippen LogP contribution in [0.2, 0.25) is 0 Å². The van der Waals surface area contributed by atoms with Crippen molar-refractivity contribution in [3.63, 3.8) is 0 Å². The van der Waals surface area contributed by atoms with Crippen LogP contribution in [-0.4, -0.2) is 48.6 Å². The second-order valence-corrected chi connectivity index (χ2v) is 10.0. The Labute approximate surface area is 177 Å². The third kappa shape index (κ3) is 4.36. The summed E-state index contributed by atoms with van der Waals surface area (Å²) in [6.45, 7) is 4.48. The first kappa shape index (κ1) is 20.8. The number of nitrogens with zero attached hydrogens (tertiary/aromatic N) is 2. The Hall–Kier alpha value is -1.47. The fraction of sp³-hybridized carbons (Fsp3) is 0.773. The largest absolute Gasteiger partial charge is 0.464 e. The Morgan fingerprint density at radius 1 is 1.21 bits per heavy atom. The third-order valence-corrected chi connectivity index (χ3v) is 7.81. The predicted octanol–water partition coefficient (Wildman–Crippen LogP) is 3.90. The molecule has 1 aromatic rings. The van der Waals surface area contributed by atoms with Gasteiger partial charge in [0.1, 0.15) is 5.01 Å². The van der Waals surface area contributed by atoms with Crippen LogP contribution in [0.25, 0.3) is 0 Å². The van der Waals surface area contributed by atoms with E-state index >= 15 is 0 Å². The topological polar surface area (TPSA) is 68.7 Å². The van der Waals surface area contributed by atoms with E-state index in [1.807, 2.05) is 11.8 Å². The molecular formula is C22H32N2O4S. The Morgan fingerprint density at radius 2 is 1.86 bits per heavy atom. The van der Waals surface area contributed by atoms with Crippen molar-refractivity contribution < 1.29 is 19.1 Å². The summed E-state index contributed by atoms with van der Waals surface area (Å²) in [5, 5.41) is 2.51. The molecule has 160 valence electrons. The van der Waals surface area contributed by atoms with Gasteiger partial charge >= 0.3 is 5.97 Å². The van der Waals surface area contributed by atoms with E-state index in [1.54, 1.807) is 5.38 Å². The average Bonchev–Trinajstić information content (AvgIpc) is 3.17. The van der Waals surface area contributed by atoms with Crippen LogP contribution in [0.4, 0.5) is 0 Å². The van der Waals surface area contributed by atoms with Gasteiger partial charge in [-0.2, -0.15) is 0 Å². The van der Waals surface area contributed by atoms with Gasteiger partial charge in [0.2, 0.25) is 5.91 Å². The van der Waals surface area contributed by atoms with E-state index in [9.17, 15) is 9.59 Å². The molecule has 4 saturated carbocycles. The molecule has 4 aliphatic carbocycles. The summed E-state index contributed by atoms with van der Waals surface area (Å²) >= 11 is 1.42. The number of carbonyl (C=O) groups excluding carboxylic acids is 2. The lowest BCUT2D eigenvalue weighted by atomic mass is 9.49. The van der Waals surface area contributed by atoms with Crippen LogP contribution in [0.1, 0.15) is 67.4 Å². The van der Waals surface area contributed by atoms with E-state index in [2.05, 4.69) is 4.98 Å². The van der Waals surface area contributed by atoms with Crippen molar-refractivity contribution in [2.45, 2.75) is 58.4 Å². The number of thiazole rings is 1. The van der Waals surface area contributed by atoms with Crippen molar-refractivity contribution in [2.75, 3.05) is 26.9 Å². The minimum atomic E-state index is -0.428. The van der Waals surface area contributed by atoms with Gasteiger partial charge in [0.25, 0.3) is 0 Å². The van der Waals surface area contributed by atoms with Gasteiger partial charge in [-0.1, -0.05) is 0 Å². The summed E-state index contributed by atoms with van der Waals surface area (Å²) in [4.78, 5) is 32.0. The molecule has 0 unspecified atom stereocenters. The van der Waals surface area contributed by atoms with Crippen molar-refractivity contribution in [3.8, 4) is 0 Å². The highest BCUT2D eigenvalue weighted by Gasteiger charge is 2.55. The molecule has 0 atom stereocenters. The Balaban J connectivity index is 1.49. The molecular weight excluding hydrogens is 388 g/mol. The molecule has 29 heavy (non-hydrogen) atoms. The van der Waals surface area contributed by atoms with Gasteiger partial charge < -0.3 is 14.4 Å². The number of hydrogen-bond acceptors (Lipinski definition) is 6. The van der Waals surface area contributed by atoms with Gasteiger partial charge in [-0.25, -0.2) is 9.78 Å². The lowest BCUT2D eigenvalue weighted by molar-refractivity contribution is -0.158. The molecule has 1 aromatic heterocycles. The first-order chi connectivity index (χ1) is 14.0. The van der Waals surface area contributed by atoms with Crippen LogP contribution in [0.5, 0.6) is 0 Å². The molecule has 0 spiro atoms. The molecule has 0 N–H and O–H groups in total. The first-order valence-corrected chi connectivity index (χ1v) is 11.8. The molecule has 5 rings (SSSR count). The van der Waals surface area contributed by atoms with E-state index in [1.165, 1.54) is 37.7 Å². The maximum atomic E-state index is 13.8. The average molecular weight is 421 g/mol. The molecule has 7 heteroatoms. The highest BCUT2D eigenvalue weighted by Crippen LogP contribution is 2.60. The summed E-state index contributed by atoms with van der Waals surface area (Å²) in [7, 11) is 1.36. The maximum absolute atomic E-state index is 13.8. The molecule has 0 saturated heterocycles. The lowest BCUT2D eigenvalue weighted by Gasteiger charge is -2.56. The Bertz CT molecular complexity index is 712. The van der Waals surface area contributed by atoms with Crippen molar-refractivity contribution in [1.29, 1.82) is 0 Å². The van der Waals surface area contributed by atoms with Gasteiger partial charge in [0, 0.05) is 25.1 Å². The van der Waals surface area contributed by atoms with Crippen LogP contribution in [0, 0.1) is 23.2 Å². The number of esters is 1. The number of hydrogen-bond donors (Lipinski definition) is 0. The van der Waals surface area contributed by atoms with Gasteiger partial charge in [-0.05, 0) is 69.6 Å². The zero-order valence-electron chi connectivity index (χ0n) is 17.5. The Morgan fingerprint density at radius 3 is 2.45 bits per heavy atom. The molecule has 1 heterocycles.